The number of aliphatic hydroxyl groups is 4. The zero-order valence-electron chi connectivity index (χ0n) is 8.53. The molecule has 0 unspecified atom stereocenters. The highest BCUT2D eigenvalue weighted by Gasteiger charge is 2.11. The first-order valence-electron chi connectivity index (χ1n) is 4.64. The molecule has 0 aromatic carbocycles. The molecular weight excluding hydrogens is 172 g/mol. The summed E-state index contributed by atoms with van der Waals surface area (Å²) in [7, 11) is 0. The largest absolute Gasteiger partial charge is 0.396 e. The average Bonchev–Trinajstić information content (AvgIpc) is 1.99. The Bertz CT molecular complexity index is 84.1. The minimum atomic E-state index is -1.45. The molecule has 0 amide bonds. The van der Waals surface area contributed by atoms with Crippen molar-refractivity contribution >= 4 is 0 Å². The Kier molecular flexibility index (Phi) is 11.7. The Morgan fingerprint density at radius 3 is 1.46 bits per heavy atom. The van der Waals surface area contributed by atoms with E-state index in [1.807, 2.05) is 6.92 Å². The Morgan fingerprint density at radius 2 is 1.38 bits per heavy atom. The summed E-state index contributed by atoms with van der Waals surface area (Å²) in [6.45, 7) is 3.68. The summed E-state index contributed by atoms with van der Waals surface area (Å²) in [5.74, 6) is -1.45. The SMILES string of the molecule is CCCC(C)(O)O.OCCCCO. The second kappa shape index (κ2) is 9.92. The summed E-state index contributed by atoms with van der Waals surface area (Å²) < 4.78 is 0. The highest BCUT2D eigenvalue weighted by atomic mass is 16.5. The molecule has 0 aliphatic rings. The number of hydrogen-bond acceptors (Lipinski definition) is 4. The molecule has 0 spiro atoms. The summed E-state index contributed by atoms with van der Waals surface area (Å²) in [5, 5.41) is 33.3. The highest BCUT2D eigenvalue weighted by Crippen LogP contribution is 2.04. The molecular formula is C9H22O4. The van der Waals surface area contributed by atoms with Crippen LogP contribution in [0, 0.1) is 0 Å². The van der Waals surface area contributed by atoms with Crippen LogP contribution in [0.1, 0.15) is 39.5 Å². The smallest absolute Gasteiger partial charge is 0.159 e. The first kappa shape index (κ1) is 15.3. The van der Waals surface area contributed by atoms with Crippen LogP contribution in [-0.4, -0.2) is 39.4 Å². The van der Waals surface area contributed by atoms with Gasteiger partial charge in [0, 0.05) is 19.6 Å². The lowest BCUT2D eigenvalue weighted by Gasteiger charge is -2.12. The van der Waals surface area contributed by atoms with Gasteiger partial charge in [-0.3, -0.25) is 0 Å². The fraction of sp³-hybridized carbons (Fsp3) is 1.00. The van der Waals surface area contributed by atoms with Crippen molar-refractivity contribution in [3.63, 3.8) is 0 Å². The highest BCUT2D eigenvalue weighted by molar-refractivity contribution is 4.52. The molecule has 4 heteroatoms. The van der Waals surface area contributed by atoms with Gasteiger partial charge in [-0.05, 0) is 19.8 Å². The van der Waals surface area contributed by atoms with Crippen LogP contribution in [0.3, 0.4) is 0 Å². The molecule has 0 saturated heterocycles. The molecule has 0 aromatic heterocycles. The van der Waals surface area contributed by atoms with Crippen LogP contribution in [0.5, 0.6) is 0 Å². The molecule has 82 valence electrons. The van der Waals surface area contributed by atoms with E-state index >= 15 is 0 Å². The summed E-state index contributed by atoms with van der Waals surface area (Å²) in [6.07, 6.45) is 2.70. The van der Waals surface area contributed by atoms with E-state index in [4.69, 9.17) is 20.4 Å². The second-order valence-corrected chi connectivity index (χ2v) is 3.12. The molecule has 0 aliphatic heterocycles. The van der Waals surface area contributed by atoms with Crippen LogP contribution in [-0.2, 0) is 0 Å². The number of unbranched alkanes of at least 4 members (excludes halogenated alkanes) is 1. The van der Waals surface area contributed by atoms with Crippen LogP contribution in [0.25, 0.3) is 0 Å². The van der Waals surface area contributed by atoms with E-state index in [2.05, 4.69) is 0 Å². The number of aliphatic hydroxyl groups excluding tert-OH is 2. The molecule has 0 rings (SSSR count). The molecule has 4 nitrogen and oxygen atoms in total. The maximum absolute atomic E-state index is 8.57. The normalized spacial score (nSPS) is 10.6. The number of rotatable bonds is 5. The molecule has 4 N–H and O–H groups in total. The molecule has 0 bridgehead atoms. The van der Waals surface area contributed by atoms with Crippen molar-refractivity contribution in [1.29, 1.82) is 0 Å². The molecule has 0 aromatic rings. The van der Waals surface area contributed by atoms with Crippen molar-refractivity contribution in [2.24, 2.45) is 0 Å². The Hall–Kier alpha value is -0.160. The molecule has 0 atom stereocenters. The van der Waals surface area contributed by atoms with Gasteiger partial charge in [-0.25, -0.2) is 0 Å². The third-order valence-electron chi connectivity index (χ3n) is 1.29. The van der Waals surface area contributed by atoms with Crippen molar-refractivity contribution < 1.29 is 20.4 Å². The lowest BCUT2D eigenvalue weighted by molar-refractivity contribution is -0.149. The lowest BCUT2D eigenvalue weighted by Crippen LogP contribution is -2.21. The van der Waals surface area contributed by atoms with Crippen molar-refractivity contribution in [1.82, 2.24) is 0 Å². The Labute approximate surface area is 79.8 Å². The maximum atomic E-state index is 8.57. The van der Waals surface area contributed by atoms with Crippen LogP contribution in [0.4, 0.5) is 0 Å². The predicted octanol–water partition coefficient (Wildman–Crippen LogP) is 0.238. The average molecular weight is 194 g/mol. The summed E-state index contributed by atoms with van der Waals surface area (Å²) in [5.41, 5.74) is 0. The molecule has 0 heterocycles. The van der Waals surface area contributed by atoms with Crippen molar-refractivity contribution in [3.8, 4) is 0 Å². The fourth-order valence-corrected chi connectivity index (χ4v) is 0.697. The Balaban J connectivity index is 0. The van der Waals surface area contributed by atoms with Gasteiger partial charge in [-0.1, -0.05) is 13.3 Å². The first-order valence-corrected chi connectivity index (χ1v) is 4.64. The van der Waals surface area contributed by atoms with Crippen LogP contribution in [0.2, 0.25) is 0 Å². The quantitative estimate of drug-likeness (QED) is 0.373. The van der Waals surface area contributed by atoms with Gasteiger partial charge in [0.15, 0.2) is 5.79 Å². The van der Waals surface area contributed by atoms with Crippen molar-refractivity contribution in [2.75, 3.05) is 13.2 Å². The third-order valence-corrected chi connectivity index (χ3v) is 1.29. The topological polar surface area (TPSA) is 80.9 Å². The summed E-state index contributed by atoms with van der Waals surface area (Å²) in [6, 6.07) is 0. The van der Waals surface area contributed by atoms with Crippen LogP contribution in [0.15, 0.2) is 0 Å². The molecule has 0 fully saturated rings. The van der Waals surface area contributed by atoms with Crippen LogP contribution < -0.4 is 0 Å². The monoisotopic (exact) mass is 194 g/mol. The predicted molar refractivity (Wildman–Crippen MR) is 51.2 cm³/mol. The van der Waals surface area contributed by atoms with Gasteiger partial charge in [0.1, 0.15) is 0 Å². The van der Waals surface area contributed by atoms with E-state index in [-0.39, 0.29) is 13.2 Å². The minimum absolute atomic E-state index is 0.195. The lowest BCUT2D eigenvalue weighted by atomic mass is 10.2. The molecule has 0 aliphatic carbocycles. The third kappa shape index (κ3) is 24.5. The van der Waals surface area contributed by atoms with Gasteiger partial charge < -0.3 is 20.4 Å². The van der Waals surface area contributed by atoms with E-state index in [9.17, 15) is 0 Å². The van der Waals surface area contributed by atoms with E-state index in [0.717, 1.165) is 19.3 Å². The molecule has 0 saturated carbocycles. The van der Waals surface area contributed by atoms with Gasteiger partial charge in [0.05, 0.1) is 0 Å². The minimum Gasteiger partial charge on any atom is -0.396 e. The van der Waals surface area contributed by atoms with Crippen molar-refractivity contribution in [3.05, 3.63) is 0 Å². The van der Waals surface area contributed by atoms with Gasteiger partial charge in [-0.2, -0.15) is 0 Å². The van der Waals surface area contributed by atoms with E-state index in [1.54, 1.807) is 0 Å². The van der Waals surface area contributed by atoms with Crippen LogP contribution >= 0.6 is 0 Å². The first-order chi connectivity index (χ1) is 5.97. The van der Waals surface area contributed by atoms with Gasteiger partial charge in [0.2, 0.25) is 0 Å². The second-order valence-electron chi connectivity index (χ2n) is 3.12. The maximum Gasteiger partial charge on any atom is 0.159 e. The van der Waals surface area contributed by atoms with Gasteiger partial charge in [-0.15, -0.1) is 0 Å². The van der Waals surface area contributed by atoms with Gasteiger partial charge in [0.25, 0.3) is 0 Å². The summed E-state index contributed by atoms with van der Waals surface area (Å²) >= 11 is 0. The standard InChI is InChI=1S/C5H12O2.C4H10O2/c1-3-4-5(2,6)7;5-3-1-2-4-6/h6-7H,3-4H2,1-2H3;5-6H,1-4H2. The van der Waals surface area contributed by atoms with E-state index < -0.39 is 5.79 Å². The zero-order chi connectivity index (χ0) is 10.7. The molecule has 0 radical (unpaired) electrons. The Morgan fingerprint density at radius 1 is 1.00 bits per heavy atom. The van der Waals surface area contributed by atoms with Gasteiger partial charge >= 0.3 is 0 Å². The fourth-order valence-electron chi connectivity index (χ4n) is 0.697. The summed E-state index contributed by atoms with van der Waals surface area (Å²) in [4.78, 5) is 0. The van der Waals surface area contributed by atoms with E-state index in [0.29, 0.717) is 6.42 Å². The zero-order valence-corrected chi connectivity index (χ0v) is 8.53. The van der Waals surface area contributed by atoms with Crippen molar-refractivity contribution in [2.45, 2.75) is 45.3 Å². The van der Waals surface area contributed by atoms with E-state index in [1.165, 1.54) is 6.92 Å². The molecule has 13 heavy (non-hydrogen) atoms. The number of hydrogen-bond donors (Lipinski definition) is 4.